The average molecular weight is 324 g/mol. The van der Waals surface area contributed by atoms with Crippen molar-refractivity contribution >= 4 is 21.1 Å². The highest BCUT2D eigenvalue weighted by Gasteiger charge is 2.20. The molecule has 0 bridgehead atoms. The molecule has 0 amide bonds. The summed E-state index contributed by atoms with van der Waals surface area (Å²) >= 11 is 0. The van der Waals surface area contributed by atoms with Gasteiger partial charge in [0.2, 0.25) is 10.0 Å². The van der Waals surface area contributed by atoms with Crippen LogP contribution in [0.4, 0.5) is 0 Å². The van der Waals surface area contributed by atoms with E-state index >= 15 is 0 Å². The summed E-state index contributed by atoms with van der Waals surface area (Å²) in [6.07, 6.45) is 4.10. The number of piperidine rings is 1. The zero-order valence-corrected chi connectivity index (χ0v) is 13.3. The summed E-state index contributed by atoms with van der Waals surface area (Å²) in [6.45, 7) is 4.24. The predicted molar refractivity (Wildman–Crippen MR) is 82.0 cm³/mol. The van der Waals surface area contributed by atoms with Crippen LogP contribution in [0.15, 0.2) is 21.7 Å². The van der Waals surface area contributed by atoms with Crippen LogP contribution < -0.4 is 10.0 Å². The monoisotopic (exact) mass is 324 g/mol. The zero-order valence-electron chi connectivity index (χ0n) is 12.5. The van der Waals surface area contributed by atoms with Crippen molar-refractivity contribution in [2.45, 2.75) is 31.1 Å². The molecule has 22 heavy (non-hydrogen) atoms. The van der Waals surface area contributed by atoms with E-state index in [0.29, 0.717) is 30.0 Å². The third kappa shape index (κ3) is 3.13. The standard InChI is InChI=1S/C14H20N4O3S/c1-2-13-12-6-11(9-16-14(12)21-18-13)22(19,20)17-8-10-4-3-5-15-7-10/h6,9-10,15,17H,2-5,7-8H2,1H3/t10-/m1/s1. The second-order valence-electron chi connectivity index (χ2n) is 5.57. The van der Waals surface area contributed by atoms with E-state index in [9.17, 15) is 8.42 Å². The minimum absolute atomic E-state index is 0.154. The molecule has 1 aliphatic rings. The summed E-state index contributed by atoms with van der Waals surface area (Å²) in [5.74, 6) is 0.335. The molecule has 0 spiro atoms. The number of hydrogen-bond acceptors (Lipinski definition) is 6. The van der Waals surface area contributed by atoms with E-state index < -0.39 is 10.0 Å². The lowest BCUT2D eigenvalue weighted by atomic mass is 10.0. The van der Waals surface area contributed by atoms with Crippen molar-refractivity contribution in [3.63, 3.8) is 0 Å². The van der Waals surface area contributed by atoms with E-state index in [1.165, 1.54) is 6.20 Å². The molecule has 0 radical (unpaired) electrons. The van der Waals surface area contributed by atoms with Crippen LogP contribution in [-0.4, -0.2) is 38.2 Å². The minimum atomic E-state index is -3.56. The molecule has 3 heterocycles. The Kier molecular flexibility index (Phi) is 4.42. The Hall–Kier alpha value is -1.51. The van der Waals surface area contributed by atoms with Crippen LogP contribution in [0.1, 0.15) is 25.5 Å². The van der Waals surface area contributed by atoms with Gasteiger partial charge >= 0.3 is 0 Å². The number of pyridine rings is 1. The number of rotatable bonds is 5. The summed E-state index contributed by atoms with van der Waals surface area (Å²) in [6, 6.07) is 1.58. The fraction of sp³-hybridized carbons (Fsp3) is 0.571. The summed E-state index contributed by atoms with van der Waals surface area (Å²) in [4.78, 5) is 4.20. The van der Waals surface area contributed by atoms with E-state index in [1.807, 2.05) is 6.92 Å². The first-order valence-electron chi connectivity index (χ1n) is 7.55. The smallest absolute Gasteiger partial charge is 0.258 e. The van der Waals surface area contributed by atoms with E-state index in [2.05, 4.69) is 20.2 Å². The normalized spacial score (nSPS) is 19.6. The van der Waals surface area contributed by atoms with Gasteiger partial charge in [-0.3, -0.25) is 0 Å². The summed E-state index contributed by atoms with van der Waals surface area (Å²) in [5.41, 5.74) is 1.09. The van der Waals surface area contributed by atoms with Crippen molar-refractivity contribution in [2.24, 2.45) is 5.92 Å². The molecule has 0 unspecified atom stereocenters. The van der Waals surface area contributed by atoms with Crippen molar-refractivity contribution in [3.05, 3.63) is 18.0 Å². The van der Waals surface area contributed by atoms with Gasteiger partial charge in [0.25, 0.3) is 5.71 Å². The Morgan fingerprint density at radius 1 is 1.50 bits per heavy atom. The van der Waals surface area contributed by atoms with Crippen molar-refractivity contribution in [1.82, 2.24) is 20.2 Å². The highest BCUT2D eigenvalue weighted by molar-refractivity contribution is 7.89. The maximum atomic E-state index is 12.4. The van der Waals surface area contributed by atoms with E-state index in [4.69, 9.17) is 4.52 Å². The van der Waals surface area contributed by atoms with Gasteiger partial charge in [-0.05, 0) is 44.3 Å². The SMILES string of the molecule is CCc1noc2ncc(S(=O)(=O)NC[C@@H]3CCCNC3)cc12. The first-order chi connectivity index (χ1) is 10.6. The van der Waals surface area contributed by atoms with Crippen LogP contribution >= 0.6 is 0 Å². The van der Waals surface area contributed by atoms with Crippen molar-refractivity contribution in [3.8, 4) is 0 Å². The molecule has 0 saturated carbocycles. The van der Waals surface area contributed by atoms with Crippen LogP contribution in [0.2, 0.25) is 0 Å². The predicted octanol–water partition coefficient (Wildman–Crippen LogP) is 1.06. The first kappa shape index (κ1) is 15.4. The van der Waals surface area contributed by atoms with Crippen LogP contribution in [-0.2, 0) is 16.4 Å². The molecular formula is C14H20N4O3S. The number of hydrogen-bond donors (Lipinski definition) is 2. The second-order valence-corrected chi connectivity index (χ2v) is 7.34. The number of sulfonamides is 1. The quantitative estimate of drug-likeness (QED) is 0.854. The average Bonchev–Trinajstić information content (AvgIpc) is 2.96. The second kappa shape index (κ2) is 6.31. The molecule has 7 nitrogen and oxygen atoms in total. The van der Waals surface area contributed by atoms with Crippen LogP contribution in [0, 0.1) is 5.92 Å². The molecule has 1 saturated heterocycles. The molecule has 2 aromatic heterocycles. The topological polar surface area (TPSA) is 97.1 Å². The van der Waals surface area contributed by atoms with Gasteiger partial charge < -0.3 is 9.84 Å². The minimum Gasteiger partial charge on any atom is -0.336 e. The molecule has 3 rings (SSSR count). The van der Waals surface area contributed by atoms with Gasteiger partial charge in [-0.2, -0.15) is 0 Å². The Morgan fingerprint density at radius 2 is 2.36 bits per heavy atom. The molecule has 1 atom stereocenters. The lowest BCUT2D eigenvalue weighted by Gasteiger charge is -2.22. The van der Waals surface area contributed by atoms with Gasteiger partial charge in [0.1, 0.15) is 4.90 Å². The molecule has 120 valence electrons. The highest BCUT2D eigenvalue weighted by atomic mass is 32.2. The molecule has 2 N–H and O–H groups in total. The molecule has 8 heteroatoms. The van der Waals surface area contributed by atoms with Crippen molar-refractivity contribution in [1.29, 1.82) is 0 Å². The van der Waals surface area contributed by atoms with Gasteiger partial charge in [-0.25, -0.2) is 18.1 Å². The largest absolute Gasteiger partial charge is 0.336 e. The Balaban J connectivity index is 1.78. The number of fused-ring (bicyclic) bond motifs is 1. The summed E-state index contributed by atoms with van der Waals surface area (Å²) in [7, 11) is -3.56. The number of aryl methyl sites for hydroxylation is 1. The van der Waals surface area contributed by atoms with Gasteiger partial charge in [0.15, 0.2) is 0 Å². The van der Waals surface area contributed by atoms with Gasteiger partial charge in [0, 0.05) is 6.54 Å². The lowest BCUT2D eigenvalue weighted by molar-refractivity contribution is 0.376. The van der Waals surface area contributed by atoms with E-state index in [1.54, 1.807) is 6.07 Å². The molecule has 0 aliphatic carbocycles. The van der Waals surface area contributed by atoms with Gasteiger partial charge in [0.05, 0.1) is 17.3 Å². The third-order valence-electron chi connectivity index (χ3n) is 3.99. The molecule has 0 aromatic carbocycles. The van der Waals surface area contributed by atoms with Gasteiger partial charge in [-0.15, -0.1) is 0 Å². The fourth-order valence-electron chi connectivity index (χ4n) is 2.67. The fourth-order valence-corrected chi connectivity index (χ4v) is 3.76. The molecule has 1 aliphatic heterocycles. The Bertz CT molecular complexity index is 751. The van der Waals surface area contributed by atoms with Crippen molar-refractivity contribution in [2.75, 3.05) is 19.6 Å². The van der Waals surface area contributed by atoms with Crippen LogP contribution in [0.25, 0.3) is 11.1 Å². The highest BCUT2D eigenvalue weighted by Crippen LogP contribution is 2.20. The van der Waals surface area contributed by atoms with E-state index in [0.717, 1.165) is 31.6 Å². The zero-order chi connectivity index (χ0) is 15.6. The van der Waals surface area contributed by atoms with Crippen LogP contribution in [0.5, 0.6) is 0 Å². The van der Waals surface area contributed by atoms with Gasteiger partial charge in [-0.1, -0.05) is 12.1 Å². The number of aromatic nitrogens is 2. The van der Waals surface area contributed by atoms with Crippen LogP contribution in [0.3, 0.4) is 0 Å². The maximum Gasteiger partial charge on any atom is 0.258 e. The van der Waals surface area contributed by atoms with Crippen molar-refractivity contribution < 1.29 is 12.9 Å². The number of nitrogens with one attached hydrogen (secondary N) is 2. The van der Waals surface area contributed by atoms with E-state index in [-0.39, 0.29) is 4.90 Å². The third-order valence-corrected chi connectivity index (χ3v) is 5.38. The molecular weight excluding hydrogens is 304 g/mol. The summed E-state index contributed by atoms with van der Waals surface area (Å²) < 4.78 is 32.6. The first-order valence-corrected chi connectivity index (χ1v) is 9.03. The molecule has 2 aromatic rings. The summed E-state index contributed by atoms with van der Waals surface area (Å²) in [5, 5.41) is 7.83. The maximum absolute atomic E-state index is 12.4. The Labute approximate surface area is 129 Å². The number of nitrogens with zero attached hydrogens (tertiary/aromatic N) is 2. The lowest BCUT2D eigenvalue weighted by Crippen LogP contribution is -2.38. The Morgan fingerprint density at radius 3 is 3.09 bits per heavy atom. The molecule has 1 fully saturated rings.